The van der Waals surface area contributed by atoms with Gasteiger partial charge in [0.05, 0.1) is 32.0 Å². The molecule has 2 rings (SSSR count). The van der Waals surface area contributed by atoms with Crippen LogP contribution in [0.5, 0.6) is 0 Å². The zero-order valence-corrected chi connectivity index (χ0v) is 55.3. The standard InChI is InChI=1S/C72H137NO13/c1-3-5-7-9-11-13-15-17-19-21-23-25-27-29-30-32-34-36-38-40-42-44-46-48-50-52-54-56-64(77)73-60(59-83-71-69(82)67(80)70(63(58-75)85-71)86-72-68(81)66(79)65(78)62(57-74)84-72)61(76)55-53-51-49-47-45-43-41-39-37-35-33-31-28-26-24-22-20-18-16-14-12-10-8-6-4-2/h21,23,53,55,60-63,65-72,74-76,78-82H,3-20,22,24-52,54,56-59H2,1-2H3,(H,73,77)/b23-21-,55-53+. The number of unbranched alkanes of at least 4 members (excludes halogenated alkanes) is 46. The van der Waals surface area contributed by atoms with Gasteiger partial charge in [-0.2, -0.15) is 0 Å². The first-order chi connectivity index (χ1) is 42.1. The summed E-state index contributed by atoms with van der Waals surface area (Å²) in [6.07, 6.45) is 55.2. The van der Waals surface area contributed by atoms with Gasteiger partial charge < -0.3 is 65.1 Å². The number of nitrogens with one attached hydrogen (secondary N) is 1. The topological polar surface area (TPSA) is 228 Å². The molecule has 14 nitrogen and oxygen atoms in total. The fraction of sp³-hybridized carbons (Fsp3) is 0.931. The zero-order chi connectivity index (χ0) is 62.3. The van der Waals surface area contributed by atoms with Crippen molar-refractivity contribution in [1.82, 2.24) is 5.32 Å². The smallest absolute Gasteiger partial charge is 0.220 e. The largest absolute Gasteiger partial charge is 0.394 e. The van der Waals surface area contributed by atoms with Gasteiger partial charge >= 0.3 is 0 Å². The molecule has 0 aromatic rings. The molecule has 1 amide bonds. The second-order valence-electron chi connectivity index (χ2n) is 26.1. The van der Waals surface area contributed by atoms with Crippen molar-refractivity contribution in [2.24, 2.45) is 0 Å². The van der Waals surface area contributed by atoms with E-state index in [1.54, 1.807) is 6.08 Å². The lowest BCUT2D eigenvalue weighted by Crippen LogP contribution is -2.65. The summed E-state index contributed by atoms with van der Waals surface area (Å²) >= 11 is 0. The van der Waals surface area contributed by atoms with Crippen molar-refractivity contribution in [3.05, 3.63) is 24.3 Å². The van der Waals surface area contributed by atoms with E-state index < -0.39 is 86.8 Å². The van der Waals surface area contributed by atoms with E-state index in [0.29, 0.717) is 6.42 Å². The summed E-state index contributed by atoms with van der Waals surface area (Å²) in [5, 5.41) is 87.5. The van der Waals surface area contributed by atoms with Gasteiger partial charge in [0, 0.05) is 6.42 Å². The lowest BCUT2D eigenvalue weighted by atomic mass is 9.97. The molecule has 0 aromatic carbocycles. The molecule has 0 saturated carbocycles. The molecule has 0 spiro atoms. The predicted octanol–water partition coefficient (Wildman–Crippen LogP) is 15.1. The average molecular weight is 1220 g/mol. The lowest BCUT2D eigenvalue weighted by molar-refractivity contribution is -0.359. The van der Waals surface area contributed by atoms with E-state index in [-0.39, 0.29) is 18.9 Å². The second-order valence-corrected chi connectivity index (χ2v) is 26.1. The second kappa shape index (κ2) is 57.4. The summed E-state index contributed by atoms with van der Waals surface area (Å²) in [6.45, 7) is 2.86. The Morgan fingerprint density at radius 3 is 1.10 bits per heavy atom. The zero-order valence-electron chi connectivity index (χ0n) is 55.3. The Hall–Kier alpha value is -1.53. The number of aliphatic hydroxyl groups is 8. The minimum atomic E-state index is -1.79. The van der Waals surface area contributed by atoms with Crippen molar-refractivity contribution in [2.45, 2.75) is 408 Å². The van der Waals surface area contributed by atoms with Gasteiger partial charge in [0.2, 0.25) is 5.91 Å². The number of allylic oxidation sites excluding steroid dienone is 3. The van der Waals surface area contributed by atoms with E-state index in [4.69, 9.17) is 18.9 Å². The van der Waals surface area contributed by atoms with Gasteiger partial charge in [-0.3, -0.25) is 4.79 Å². The van der Waals surface area contributed by atoms with Crippen LogP contribution in [0.3, 0.4) is 0 Å². The van der Waals surface area contributed by atoms with Crippen molar-refractivity contribution >= 4 is 5.91 Å². The Balaban J connectivity index is 1.67. The summed E-state index contributed by atoms with van der Waals surface area (Å²) in [4.78, 5) is 13.3. The quantitative estimate of drug-likeness (QED) is 0.0204. The molecular formula is C72H137NO13. The van der Waals surface area contributed by atoms with Crippen molar-refractivity contribution in [1.29, 1.82) is 0 Å². The van der Waals surface area contributed by atoms with Gasteiger partial charge in [-0.05, 0) is 44.9 Å². The Morgan fingerprint density at radius 2 is 0.733 bits per heavy atom. The molecule has 2 saturated heterocycles. The van der Waals surface area contributed by atoms with E-state index in [1.807, 2.05) is 6.08 Å². The summed E-state index contributed by atoms with van der Waals surface area (Å²) in [7, 11) is 0. The molecule has 86 heavy (non-hydrogen) atoms. The molecule has 0 radical (unpaired) electrons. The molecule has 12 unspecified atom stereocenters. The first kappa shape index (κ1) is 80.6. The molecular weight excluding hydrogens is 1090 g/mol. The van der Waals surface area contributed by atoms with Crippen LogP contribution in [0, 0.1) is 0 Å². The van der Waals surface area contributed by atoms with Crippen LogP contribution in [0.25, 0.3) is 0 Å². The molecule has 508 valence electrons. The number of hydrogen-bond acceptors (Lipinski definition) is 13. The predicted molar refractivity (Wildman–Crippen MR) is 351 cm³/mol. The summed E-state index contributed by atoms with van der Waals surface area (Å²) < 4.78 is 22.9. The molecule has 2 fully saturated rings. The van der Waals surface area contributed by atoms with Gasteiger partial charge in [-0.15, -0.1) is 0 Å². The molecule has 0 aliphatic carbocycles. The molecule has 0 bridgehead atoms. The highest BCUT2D eigenvalue weighted by molar-refractivity contribution is 5.76. The van der Waals surface area contributed by atoms with Crippen molar-refractivity contribution in [3.8, 4) is 0 Å². The molecule has 2 heterocycles. The summed E-state index contributed by atoms with van der Waals surface area (Å²) in [6, 6.07) is -0.914. The maximum Gasteiger partial charge on any atom is 0.220 e. The van der Waals surface area contributed by atoms with Crippen molar-refractivity contribution < 1.29 is 64.6 Å². The van der Waals surface area contributed by atoms with E-state index in [0.717, 1.165) is 38.5 Å². The first-order valence-electron chi connectivity index (χ1n) is 36.6. The van der Waals surface area contributed by atoms with Crippen LogP contribution in [0.15, 0.2) is 24.3 Å². The molecule has 14 heteroatoms. The third-order valence-corrected chi connectivity index (χ3v) is 18.1. The van der Waals surface area contributed by atoms with Crippen molar-refractivity contribution in [2.75, 3.05) is 19.8 Å². The monoisotopic (exact) mass is 1220 g/mol. The van der Waals surface area contributed by atoms with Crippen LogP contribution < -0.4 is 5.32 Å². The number of rotatable bonds is 61. The van der Waals surface area contributed by atoms with Crippen LogP contribution in [-0.2, 0) is 23.7 Å². The van der Waals surface area contributed by atoms with Crippen LogP contribution >= 0.6 is 0 Å². The number of carbonyl (C=O) groups is 1. The molecule has 9 N–H and O–H groups in total. The molecule has 2 aliphatic heterocycles. The van der Waals surface area contributed by atoms with Gasteiger partial charge in [0.15, 0.2) is 12.6 Å². The number of carbonyl (C=O) groups excluding carboxylic acids is 1. The normalized spacial score (nSPS) is 23.5. The fourth-order valence-electron chi connectivity index (χ4n) is 12.3. The van der Waals surface area contributed by atoms with Crippen LogP contribution in [-0.4, -0.2) is 140 Å². The molecule has 0 aromatic heterocycles. The Bertz CT molecular complexity index is 1540. The average Bonchev–Trinajstić information content (AvgIpc) is 2.53. The lowest BCUT2D eigenvalue weighted by Gasteiger charge is -2.46. The number of hydrogen-bond donors (Lipinski definition) is 9. The number of ether oxygens (including phenoxy) is 4. The third kappa shape index (κ3) is 41.1. The van der Waals surface area contributed by atoms with Crippen LogP contribution in [0.1, 0.15) is 335 Å². The van der Waals surface area contributed by atoms with E-state index in [2.05, 4.69) is 31.3 Å². The maximum absolute atomic E-state index is 13.3. The Morgan fingerprint density at radius 1 is 0.407 bits per heavy atom. The van der Waals surface area contributed by atoms with Gasteiger partial charge in [0.1, 0.15) is 48.8 Å². The van der Waals surface area contributed by atoms with Gasteiger partial charge in [-0.25, -0.2) is 0 Å². The summed E-state index contributed by atoms with van der Waals surface area (Å²) in [5.41, 5.74) is 0. The number of aliphatic hydroxyl groups excluding tert-OH is 8. The van der Waals surface area contributed by atoms with Crippen LogP contribution in [0.2, 0.25) is 0 Å². The highest BCUT2D eigenvalue weighted by Crippen LogP contribution is 2.30. The van der Waals surface area contributed by atoms with E-state index in [1.165, 1.54) is 270 Å². The van der Waals surface area contributed by atoms with E-state index >= 15 is 0 Å². The van der Waals surface area contributed by atoms with Crippen LogP contribution in [0.4, 0.5) is 0 Å². The fourth-order valence-corrected chi connectivity index (χ4v) is 12.3. The third-order valence-electron chi connectivity index (χ3n) is 18.1. The summed E-state index contributed by atoms with van der Waals surface area (Å²) in [5.74, 6) is -0.232. The number of amides is 1. The molecule has 2 aliphatic rings. The Kier molecular flexibility index (Phi) is 53.7. The minimum absolute atomic E-state index is 0.232. The van der Waals surface area contributed by atoms with Gasteiger partial charge in [0.25, 0.3) is 0 Å². The highest BCUT2D eigenvalue weighted by Gasteiger charge is 2.51. The van der Waals surface area contributed by atoms with E-state index in [9.17, 15) is 45.6 Å². The minimum Gasteiger partial charge on any atom is -0.394 e. The maximum atomic E-state index is 13.3. The Labute approximate surface area is 526 Å². The van der Waals surface area contributed by atoms with Crippen molar-refractivity contribution in [3.63, 3.8) is 0 Å². The SMILES string of the molecule is CCCCCCCCCC/C=C\CCCCCCCCCCCCCCCCCC(=O)NC(COC1OC(CO)C(OC2OC(CO)C(O)C(O)C2O)C(O)C1O)C(O)/C=C/CCCCCCCCCCCCCCCCCCCCCCCCC. The first-order valence-corrected chi connectivity index (χ1v) is 36.6. The molecule has 12 atom stereocenters. The van der Waals surface area contributed by atoms with Gasteiger partial charge in [-0.1, -0.05) is 308 Å². The highest BCUT2D eigenvalue weighted by atomic mass is 16.7.